The van der Waals surface area contributed by atoms with Crippen LogP contribution in [0.1, 0.15) is 19.4 Å². The molecule has 1 N–H and O–H groups in total. The molecule has 9 heteroatoms. The monoisotopic (exact) mass is 538 g/mol. The number of rotatable bonds is 4. The van der Waals surface area contributed by atoms with Gasteiger partial charge >= 0.3 is 0 Å². The second-order valence-corrected chi connectivity index (χ2v) is 8.17. The number of guanidine groups is 1. The number of piperazine rings is 1. The molecule has 1 aromatic heterocycles. The summed E-state index contributed by atoms with van der Waals surface area (Å²) in [5.41, 5.74) is 1.12. The molecule has 1 saturated heterocycles. The van der Waals surface area contributed by atoms with E-state index in [-0.39, 0.29) is 29.4 Å². The van der Waals surface area contributed by atoms with Crippen LogP contribution in [0.3, 0.4) is 0 Å². The summed E-state index contributed by atoms with van der Waals surface area (Å²) in [6, 6.07) is 8.06. The molecule has 31 heavy (non-hydrogen) atoms. The van der Waals surface area contributed by atoms with Crippen molar-refractivity contribution in [1.29, 1.82) is 0 Å². The predicted molar refractivity (Wildman–Crippen MR) is 133 cm³/mol. The zero-order chi connectivity index (χ0) is 21.0. The molecule has 0 saturated carbocycles. The number of nitrogens with one attached hydrogen (secondary N) is 1. The van der Waals surface area contributed by atoms with Gasteiger partial charge in [0.25, 0.3) is 0 Å². The Balaban J connectivity index is 0.00000272. The zero-order valence-electron chi connectivity index (χ0n) is 18.4. The van der Waals surface area contributed by atoms with Crippen LogP contribution in [0.15, 0.2) is 41.7 Å². The van der Waals surface area contributed by atoms with Gasteiger partial charge in [-0.25, -0.2) is 9.97 Å². The van der Waals surface area contributed by atoms with Gasteiger partial charge < -0.3 is 24.6 Å². The molecule has 1 fully saturated rings. The number of anilines is 1. The lowest BCUT2D eigenvalue weighted by Gasteiger charge is -2.37. The first-order valence-electron chi connectivity index (χ1n) is 10.4. The number of ether oxygens (including phenoxy) is 2. The van der Waals surface area contributed by atoms with E-state index >= 15 is 0 Å². The summed E-state index contributed by atoms with van der Waals surface area (Å²) in [5, 5.41) is 3.57. The van der Waals surface area contributed by atoms with Gasteiger partial charge in [0, 0.05) is 57.6 Å². The zero-order valence-corrected chi connectivity index (χ0v) is 20.7. The average Bonchev–Trinajstić information content (AvgIpc) is 2.80. The van der Waals surface area contributed by atoms with Gasteiger partial charge in [0.1, 0.15) is 13.2 Å². The third-order valence-electron chi connectivity index (χ3n) is 5.64. The summed E-state index contributed by atoms with van der Waals surface area (Å²) in [6.45, 7) is 9.92. The molecular formula is C22H31IN6O2. The van der Waals surface area contributed by atoms with Gasteiger partial charge in [-0.05, 0) is 23.8 Å². The normalized spacial score (nSPS) is 16.5. The van der Waals surface area contributed by atoms with E-state index in [1.165, 1.54) is 5.56 Å². The largest absolute Gasteiger partial charge is 0.486 e. The maximum absolute atomic E-state index is 5.76. The van der Waals surface area contributed by atoms with E-state index in [0.29, 0.717) is 13.2 Å². The highest BCUT2D eigenvalue weighted by molar-refractivity contribution is 14.0. The van der Waals surface area contributed by atoms with Crippen LogP contribution in [-0.2, 0) is 5.41 Å². The fraction of sp³-hybridized carbons (Fsp3) is 0.500. The Labute approximate surface area is 201 Å². The van der Waals surface area contributed by atoms with Gasteiger partial charge in [-0.2, -0.15) is 0 Å². The lowest BCUT2D eigenvalue weighted by Crippen LogP contribution is -2.54. The van der Waals surface area contributed by atoms with Crippen LogP contribution in [0.25, 0.3) is 0 Å². The fourth-order valence-corrected chi connectivity index (χ4v) is 3.77. The lowest BCUT2D eigenvalue weighted by atomic mass is 9.84. The number of halogens is 1. The van der Waals surface area contributed by atoms with Gasteiger partial charge in [-0.3, -0.25) is 4.99 Å². The van der Waals surface area contributed by atoms with Crippen LogP contribution >= 0.6 is 24.0 Å². The number of fused-ring (bicyclic) bond motifs is 1. The second kappa shape index (κ2) is 10.3. The fourth-order valence-electron chi connectivity index (χ4n) is 3.77. The summed E-state index contributed by atoms with van der Waals surface area (Å²) in [5.74, 6) is 3.37. The first kappa shape index (κ1) is 23.4. The summed E-state index contributed by atoms with van der Waals surface area (Å²) >= 11 is 0. The standard InChI is InChI=1S/C22H30N6O2.HI/c1-22(2,17-5-6-18-19(15-17)30-14-13-29-18)16-26-20(23-3)27-9-11-28(12-10-27)21-24-7-4-8-25-21;/h4-8,15H,9-14,16H2,1-3H3,(H,23,26);1H. The third kappa shape index (κ3) is 5.50. The second-order valence-electron chi connectivity index (χ2n) is 8.17. The SMILES string of the molecule is CN=C(NCC(C)(C)c1ccc2c(c1)OCCO2)N1CCN(c2ncccn2)CC1.I. The smallest absolute Gasteiger partial charge is 0.225 e. The molecule has 0 radical (unpaired) electrons. The molecule has 1 aromatic carbocycles. The number of aliphatic imine (C=N–C) groups is 1. The van der Waals surface area contributed by atoms with E-state index in [9.17, 15) is 0 Å². The van der Waals surface area contributed by atoms with Crippen molar-refractivity contribution >= 4 is 35.9 Å². The van der Waals surface area contributed by atoms with Gasteiger partial charge in [-0.15, -0.1) is 24.0 Å². The Bertz CT molecular complexity index is 885. The first-order chi connectivity index (χ1) is 14.6. The van der Waals surface area contributed by atoms with Crippen molar-refractivity contribution in [2.45, 2.75) is 19.3 Å². The average molecular weight is 538 g/mol. The quantitative estimate of drug-likeness (QED) is 0.365. The number of hydrogen-bond acceptors (Lipinski definition) is 6. The molecule has 0 amide bonds. The molecule has 3 heterocycles. The topological polar surface area (TPSA) is 75.1 Å². The number of aromatic nitrogens is 2. The lowest BCUT2D eigenvalue weighted by molar-refractivity contribution is 0.171. The van der Waals surface area contributed by atoms with Gasteiger partial charge in [0.2, 0.25) is 5.95 Å². The van der Waals surface area contributed by atoms with Crippen molar-refractivity contribution in [1.82, 2.24) is 20.2 Å². The van der Waals surface area contributed by atoms with Crippen LogP contribution in [-0.4, -0.2) is 73.8 Å². The van der Waals surface area contributed by atoms with Crippen molar-refractivity contribution in [3.05, 3.63) is 42.2 Å². The summed E-state index contributed by atoms with van der Waals surface area (Å²) in [4.78, 5) is 17.7. The van der Waals surface area contributed by atoms with E-state index in [0.717, 1.165) is 56.1 Å². The molecule has 0 spiro atoms. The highest BCUT2D eigenvalue weighted by atomic mass is 127. The van der Waals surface area contributed by atoms with Gasteiger partial charge in [-0.1, -0.05) is 19.9 Å². The minimum atomic E-state index is -0.0918. The maximum atomic E-state index is 5.76. The first-order valence-corrected chi connectivity index (χ1v) is 10.4. The number of nitrogens with zero attached hydrogens (tertiary/aromatic N) is 5. The van der Waals surface area contributed by atoms with Crippen molar-refractivity contribution < 1.29 is 9.47 Å². The van der Waals surface area contributed by atoms with E-state index in [1.54, 1.807) is 12.4 Å². The molecule has 0 aliphatic carbocycles. The molecule has 0 bridgehead atoms. The van der Waals surface area contributed by atoms with E-state index in [2.05, 4.69) is 56.1 Å². The van der Waals surface area contributed by atoms with Crippen LogP contribution in [0.4, 0.5) is 5.95 Å². The third-order valence-corrected chi connectivity index (χ3v) is 5.64. The maximum Gasteiger partial charge on any atom is 0.225 e. The van der Waals surface area contributed by atoms with Crippen LogP contribution in [0, 0.1) is 0 Å². The molecule has 2 aliphatic rings. The highest BCUT2D eigenvalue weighted by Gasteiger charge is 2.26. The van der Waals surface area contributed by atoms with E-state index in [1.807, 2.05) is 19.2 Å². The molecule has 2 aromatic rings. The van der Waals surface area contributed by atoms with Crippen LogP contribution < -0.4 is 19.7 Å². The minimum Gasteiger partial charge on any atom is -0.486 e. The Morgan fingerprint density at radius 1 is 1.06 bits per heavy atom. The Hall–Kier alpha value is -2.30. The minimum absolute atomic E-state index is 0. The van der Waals surface area contributed by atoms with Crippen molar-refractivity contribution in [2.75, 3.05) is 57.9 Å². The molecule has 2 aliphatic heterocycles. The van der Waals surface area contributed by atoms with E-state index < -0.39 is 0 Å². The molecule has 8 nitrogen and oxygen atoms in total. The van der Waals surface area contributed by atoms with Crippen molar-refractivity contribution in [2.24, 2.45) is 4.99 Å². The van der Waals surface area contributed by atoms with E-state index in [4.69, 9.17) is 9.47 Å². The molecule has 4 rings (SSSR count). The van der Waals surface area contributed by atoms with Crippen LogP contribution in [0.5, 0.6) is 11.5 Å². The summed E-state index contributed by atoms with van der Waals surface area (Å²) < 4.78 is 11.4. The highest BCUT2D eigenvalue weighted by Crippen LogP contribution is 2.34. The number of hydrogen-bond donors (Lipinski definition) is 1. The Morgan fingerprint density at radius 2 is 1.74 bits per heavy atom. The summed E-state index contributed by atoms with van der Waals surface area (Å²) in [6.07, 6.45) is 3.57. The Morgan fingerprint density at radius 3 is 2.42 bits per heavy atom. The van der Waals surface area contributed by atoms with Crippen molar-refractivity contribution in [3.63, 3.8) is 0 Å². The molecular weight excluding hydrogens is 507 g/mol. The number of benzene rings is 1. The van der Waals surface area contributed by atoms with Crippen LogP contribution in [0.2, 0.25) is 0 Å². The van der Waals surface area contributed by atoms with Crippen molar-refractivity contribution in [3.8, 4) is 11.5 Å². The molecule has 0 unspecified atom stereocenters. The van der Waals surface area contributed by atoms with Gasteiger partial charge in [0.05, 0.1) is 0 Å². The predicted octanol–water partition coefficient (Wildman–Crippen LogP) is 2.54. The Kier molecular flexibility index (Phi) is 7.79. The summed E-state index contributed by atoms with van der Waals surface area (Å²) in [7, 11) is 1.84. The molecule has 168 valence electrons. The molecule has 0 atom stereocenters. The van der Waals surface area contributed by atoms with Gasteiger partial charge in [0.15, 0.2) is 17.5 Å².